The summed E-state index contributed by atoms with van der Waals surface area (Å²) in [6.07, 6.45) is 5.05. The Morgan fingerprint density at radius 3 is 2.90 bits per heavy atom. The smallest absolute Gasteiger partial charge is 0.257 e. The van der Waals surface area contributed by atoms with E-state index in [2.05, 4.69) is 42.1 Å². The Kier molecular flexibility index (Phi) is 4.74. The zero-order chi connectivity index (χ0) is 20.3. The average Bonchev–Trinajstić information content (AvgIpc) is 3.44. The third kappa shape index (κ3) is 3.81. The van der Waals surface area contributed by atoms with E-state index in [0.717, 1.165) is 23.4 Å². The van der Waals surface area contributed by atoms with Crippen molar-refractivity contribution in [3.05, 3.63) is 83.7 Å². The van der Waals surface area contributed by atoms with Gasteiger partial charge in [-0.05, 0) is 47.5 Å². The van der Waals surface area contributed by atoms with Gasteiger partial charge in [0.15, 0.2) is 5.82 Å². The fourth-order valence-corrected chi connectivity index (χ4v) is 3.74. The second-order valence-electron chi connectivity index (χ2n) is 6.71. The van der Waals surface area contributed by atoms with Crippen LogP contribution in [0, 0.1) is 0 Å². The van der Waals surface area contributed by atoms with Gasteiger partial charge in [0.05, 0.1) is 12.1 Å². The van der Waals surface area contributed by atoms with Crippen LogP contribution in [0.2, 0.25) is 0 Å². The molecule has 0 spiro atoms. The maximum Gasteiger partial charge on any atom is 0.257 e. The molecule has 2 aromatic heterocycles. The minimum atomic E-state index is -0.214. The van der Waals surface area contributed by atoms with Gasteiger partial charge in [0, 0.05) is 47.1 Å². The number of fused-ring (bicyclic) bond motifs is 1. The van der Waals surface area contributed by atoms with Gasteiger partial charge in [-0.25, -0.2) is 0 Å². The molecule has 30 heavy (non-hydrogen) atoms. The molecule has 4 aromatic rings. The van der Waals surface area contributed by atoms with Crippen molar-refractivity contribution in [3.8, 4) is 11.4 Å². The first-order valence-electron chi connectivity index (χ1n) is 9.30. The summed E-state index contributed by atoms with van der Waals surface area (Å²) in [5.74, 6) is 0.386. The number of nitrogens with one attached hydrogen (secondary N) is 2. The molecule has 8 heteroatoms. The summed E-state index contributed by atoms with van der Waals surface area (Å²) in [6.45, 7) is 0.742. The highest BCUT2D eigenvalue weighted by Crippen LogP contribution is 2.27. The van der Waals surface area contributed by atoms with Crippen molar-refractivity contribution in [1.29, 1.82) is 0 Å². The van der Waals surface area contributed by atoms with Crippen LogP contribution in [0.4, 0.5) is 16.5 Å². The van der Waals surface area contributed by atoms with Crippen LogP contribution in [-0.2, 0) is 6.54 Å². The van der Waals surface area contributed by atoms with Gasteiger partial charge in [-0.1, -0.05) is 18.2 Å². The van der Waals surface area contributed by atoms with Crippen molar-refractivity contribution in [2.75, 3.05) is 10.6 Å². The Morgan fingerprint density at radius 1 is 1.03 bits per heavy atom. The molecular weight excluding hydrogens is 396 g/mol. The number of amides is 1. The van der Waals surface area contributed by atoms with E-state index in [-0.39, 0.29) is 5.91 Å². The van der Waals surface area contributed by atoms with Crippen LogP contribution < -0.4 is 10.6 Å². The molecule has 7 nitrogen and oxygen atoms in total. The SMILES string of the molecule is O=C(Nc1cccc(-c2nsc(Nc3ccc4c(c3)C=NC4)n2)c1)c1cccnc1. The summed E-state index contributed by atoms with van der Waals surface area (Å²) < 4.78 is 4.45. The lowest BCUT2D eigenvalue weighted by atomic mass is 10.1. The number of benzene rings is 2. The van der Waals surface area contributed by atoms with Crippen LogP contribution in [0.3, 0.4) is 0 Å². The topological polar surface area (TPSA) is 92.2 Å². The number of aliphatic imine (C=N–C) groups is 1. The lowest BCUT2D eigenvalue weighted by molar-refractivity contribution is 0.102. The number of anilines is 3. The normalized spacial score (nSPS) is 11.9. The third-order valence-corrected chi connectivity index (χ3v) is 5.25. The van der Waals surface area contributed by atoms with E-state index in [4.69, 9.17) is 0 Å². The lowest BCUT2D eigenvalue weighted by Gasteiger charge is -2.06. The molecule has 1 amide bonds. The van der Waals surface area contributed by atoms with Crippen molar-refractivity contribution in [1.82, 2.24) is 14.3 Å². The van der Waals surface area contributed by atoms with E-state index < -0.39 is 0 Å². The predicted molar refractivity (Wildman–Crippen MR) is 119 cm³/mol. The summed E-state index contributed by atoms with van der Waals surface area (Å²) in [5.41, 5.74) is 5.29. The molecule has 0 saturated heterocycles. The Bertz CT molecular complexity index is 1250. The van der Waals surface area contributed by atoms with Gasteiger partial charge < -0.3 is 10.6 Å². The number of hydrogen-bond acceptors (Lipinski definition) is 7. The summed E-state index contributed by atoms with van der Waals surface area (Å²) in [5, 5.41) is 6.88. The molecular formula is C22H16N6OS. The molecule has 5 rings (SSSR count). The van der Waals surface area contributed by atoms with E-state index in [9.17, 15) is 4.79 Å². The van der Waals surface area contributed by atoms with Gasteiger partial charge >= 0.3 is 0 Å². The fourth-order valence-electron chi connectivity index (χ4n) is 3.13. The van der Waals surface area contributed by atoms with Gasteiger partial charge in [-0.2, -0.15) is 9.36 Å². The standard InChI is InChI=1S/C22H16N6OS/c29-21(16-4-2-8-23-12-16)25-18-5-1-3-14(9-18)20-27-22(30-28-20)26-19-7-6-15-11-24-13-17(15)10-19/h1-10,12-13H,11H2,(H,25,29)(H,26,27,28). The zero-order valence-electron chi connectivity index (χ0n) is 15.7. The molecule has 1 aliphatic rings. The molecule has 0 aliphatic carbocycles. The van der Waals surface area contributed by atoms with E-state index in [0.29, 0.717) is 22.2 Å². The highest BCUT2D eigenvalue weighted by atomic mass is 32.1. The Balaban J connectivity index is 1.32. The number of pyridine rings is 1. The van der Waals surface area contributed by atoms with Crippen molar-refractivity contribution < 1.29 is 4.79 Å². The fraction of sp³-hybridized carbons (Fsp3) is 0.0455. The van der Waals surface area contributed by atoms with Crippen LogP contribution in [0.25, 0.3) is 11.4 Å². The molecule has 2 aromatic carbocycles. The minimum absolute atomic E-state index is 0.214. The highest BCUT2D eigenvalue weighted by molar-refractivity contribution is 7.09. The molecule has 0 saturated carbocycles. The van der Waals surface area contributed by atoms with Gasteiger partial charge in [0.1, 0.15) is 0 Å². The summed E-state index contributed by atoms with van der Waals surface area (Å²) in [6, 6.07) is 17.1. The monoisotopic (exact) mass is 412 g/mol. The largest absolute Gasteiger partial charge is 0.330 e. The zero-order valence-corrected chi connectivity index (χ0v) is 16.6. The molecule has 0 bridgehead atoms. The van der Waals surface area contributed by atoms with Crippen molar-refractivity contribution in [2.45, 2.75) is 6.54 Å². The van der Waals surface area contributed by atoms with E-state index in [1.807, 2.05) is 36.5 Å². The van der Waals surface area contributed by atoms with Crippen LogP contribution in [0.15, 0.2) is 72.0 Å². The lowest BCUT2D eigenvalue weighted by Crippen LogP contribution is -2.11. The molecule has 2 N–H and O–H groups in total. The Hall–Kier alpha value is -3.91. The third-order valence-electron chi connectivity index (χ3n) is 4.62. The number of aromatic nitrogens is 3. The predicted octanol–water partition coefficient (Wildman–Crippen LogP) is 4.53. The number of rotatable bonds is 5. The molecule has 146 valence electrons. The minimum Gasteiger partial charge on any atom is -0.330 e. The van der Waals surface area contributed by atoms with Crippen LogP contribution >= 0.6 is 11.5 Å². The van der Waals surface area contributed by atoms with Crippen molar-refractivity contribution in [3.63, 3.8) is 0 Å². The molecule has 1 aliphatic heterocycles. The van der Waals surface area contributed by atoms with Crippen molar-refractivity contribution >= 4 is 40.2 Å². The number of carbonyl (C=O) groups is 1. The molecule has 3 heterocycles. The number of carbonyl (C=O) groups excluding carboxylic acids is 1. The van der Waals surface area contributed by atoms with E-state index >= 15 is 0 Å². The molecule has 0 atom stereocenters. The van der Waals surface area contributed by atoms with Crippen molar-refractivity contribution in [2.24, 2.45) is 4.99 Å². The summed E-state index contributed by atoms with van der Waals surface area (Å²) >= 11 is 1.29. The summed E-state index contributed by atoms with van der Waals surface area (Å²) in [7, 11) is 0. The first kappa shape index (κ1) is 18.1. The van der Waals surface area contributed by atoms with Gasteiger partial charge in [-0.3, -0.25) is 14.8 Å². The quantitative estimate of drug-likeness (QED) is 0.502. The second kappa shape index (κ2) is 7.84. The van der Waals surface area contributed by atoms with Gasteiger partial charge in [-0.15, -0.1) is 0 Å². The molecule has 0 unspecified atom stereocenters. The Labute approximate surface area is 176 Å². The molecule has 0 fully saturated rings. The van der Waals surface area contributed by atoms with Crippen LogP contribution in [-0.4, -0.2) is 26.5 Å². The van der Waals surface area contributed by atoms with Crippen LogP contribution in [0.1, 0.15) is 21.5 Å². The second-order valence-corrected chi connectivity index (χ2v) is 7.46. The molecule has 0 radical (unpaired) electrons. The average molecular weight is 412 g/mol. The Morgan fingerprint density at radius 2 is 2.00 bits per heavy atom. The highest BCUT2D eigenvalue weighted by Gasteiger charge is 2.11. The number of hydrogen-bond donors (Lipinski definition) is 2. The van der Waals surface area contributed by atoms with Gasteiger partial charge in [0.2, 0.25) is 5.13 Å². The maximum absolute atomic E-state index is 12.4. The van der Waals surface area contributed by atoms with Gasteiger partial charge in [0.25, 0.3) is 5.91 Å². The summed E-state index contributed by atoms with van der Waals surface area (Å²) in [4.78, 5) is 25.2. The number of nitrogens with zero attached hydrogens (tertiary/aromatic N) is 4. The first-order chi connectivity index (χ1) is 14.7. The van der Waals surface area contributed by atoms with E-state index in [1.165, 1.54) is 23.3 Å². The van der Waals surface area contributed by atoms with Crippen LogP contribution in [0.5, 0.6) is 0 Å². The van der Waals surface area contributed by atoms with E-state index in [1.54, 1.807) is 18.3 Å². The first-order valence-corrected chi connectivity index (χ1v) is 10.1. The maximum atomic E-state index is 12.4.